The van der Waals surface area contributed by atoms with Crippen molar-refractivity contribution in [2.45, 2.75) is 134 Å². The van der Waals surface area contributed by atoms with Crippen molar-refractivity contribution in [3.05, 3.63) is 34.4 Å². The SMILES string of the molecule is CC(=O)CC(C)(C)C.CCC.CCCC(CC1CC(=O)c2c(C)ccc(C)c2C1)C(CC)C(=O)CC(C)=O. The second kappa shape index (κ2) is 17.5. The summed E-state index contributed by atoms with van der Waals surface area (Å²) in [5, 5.41) is 0. The molecule has 0 aromatic heterocycles. The molecule has 0 aliphatic heterocycles. The number of ketones is 4. The Balaban J connectivity index is 0.00000105. The molecule has 3 unspecified atom stereocenters. The molecule has 0 fully saturated rings. The van der Waals surface area contributed by atoms with E-state index < -0.39 is 0 Å². The topological polar surface area (TPSA) is 68.3 Å². The zero-order valence-corrected chi connectivity index (χ0v) is 26.4. The lowest BCUT2D eigenvalue weighted by atomic mass is 9.71. The molecule has 2 rings (SSSR count). The van der Waals surface area contributed by atoms with Crippen molar-refractivity contribution >= 4 is 23.1 Å². The molecule has 4 heteroatoms. The lowest BCUT2D eigenvalue weighted by molar-refractivity contribution is -0.130. The molecular formula is C34H56O4. The van der Waals surface area contributed by atoms with Gasteiger partial charge in [0.15, 0.2) is 5.78 Å². The number of carbonyl (C=O) groups excluding carboxylic acids is 4. The number of hydrogen-bond donors (Lipinski definition) is 0. The van der Waals surface area contributed by atoms with Crippen molar-refractivity contribution in [1.82, 2.24) is 0 Å². The number of carbonyl (C=O) groups is 4. The van der Waals surface area contributed by atoms with E-state index in [1.807, 2.05) is 19.9 Å². The minimum Gasteiger partial charge on any atom is -0.300 e. The van der Waals surface area contributed by atoms with Crippen LogP contribution in [0.3, 0.4) is 0 Å². The Kier molecular flexibility index (Phi) is 16.5. The normalized spacial score (nSPS) is 16.2. The average Bonchev–Trinajstić information content (AvgIpc) is 2.75. The third-order valence-electron chi connectivity index (χ3n) is 6.92. The molecule has 4 nitrogen and oxygen atoms in total. The molecule has 216 valence electrons. The van der Waals surface area contributed by atoms with Gasteiger partial charge >= 0.3 is 0 Å². The van der Waals surface area contributed by atoms with E-state index in [0.29, 0.717) is 18.8 Å². The Morgan fingerprint density at radius 3 is 1.89 bits per heavy atom. The maximum Gasteiger partial charge on any atom is 0.163 e. The molecule has 1 aromatic carbocycles. The van der Waals surface area contributed by atoms with Crippen molar-refractivity contribution in [2.24, 2.45) is 23.2 Å². The van der Waals surface area contributed by atoms with E-state index in [0.717, 1.165) is 43.2 Å². The molecule has 0 amide bonds. The van der Waals surface area contributed by atoms with Crippen LogP contribution < -0.4 is 0 Å². The predicted octanol–water partition coefficient (Wildman–Crippen LogP) is 8.86. The lowest BCUT2D eigenvalue weighted by Gasteiger charge is -2.32. The maximum absolute atomic E-state index is 12.8. The van der Waals surface area contributed by atoms with Crippen LogP contribution in [0.2, 0.25) is 0 Å². The van der Waals surface area contributed by atoms with Gasteiger partial charge in [-0.3, -0.25) is 14.4 Å². The van der Waals surface area contributed by atoms with Crippen LogP contribution in [0.1, 0.15) is 141 Å². The molecule has 0 N–H and O–H groups in total. The molecule has 1 aliphatic rings. The van der Waals surface area contributed by atoms with Gasteiger partial charge in [-0.1, -0.05) is 79.9 Å². The Morgan fingerprint density at radius 2 is 1.47 bits per heavy atom. The third kappa shape index (κ3) is 13.1. The molecule has 0 radical (unpaired) electrons. The largest absolute Gasteiger partial charge is 0.300 e. The van der Waals surface area contributed by atoms with E-state index in [1.165, 1.54) is 24.5 Å². The Bertz CT molecular complexity index is 919. The summed E-state index contributed by atoms with van der Waals surface area (Å²) in [4.78, 5) is 47.3. The molecule has 0 saturated carbocycles. The Morgan fingerprint density at radius 1 is 0.921 bits per heavy atom. The first-order valence-electron chi connectivity index (χ1n) is 14.7. The quantitative estimate of drug-likeness (QED) is 0.284. The van der Waals surface area contributed by atoms with Gasteiger partial charge in [-0.25, -0.2) is 0 Å². The van der Waals surface area contributed by atoms with E-state index in [-0.39, 0.29) is 46.8 Å². The molecule has 0 heterocycles. The first kappa shape index (κ1) is 35.9. The van der Waals surface area contributed by atoms with Crippen LogP contribution >= 0.6 is 0 Å². The highest BCUT2D eigenvalue weighted by Gasteiger charge is 2.33. The second-order valence-electron chi connectivity index (χ2n) is 12.5. The number of fused-ring (bicyclic) bond motifs is 1. The van der Waals surface area contributed by atoms with E-state index in [9.17, 15) is 19.2 Å². The third-order valence-corrected chi connectivity index (χ3v) is 6.92. The van der Waals surface area contributed by atoms with Crippen molar-refractivity contribution < 1.29 is 19.2 Å². The Labute approximate surface area is 233 Å². The molecule has 1 aromatic rings. The van der Waals surface area contributed by atoms with Crippen LogP contribution in [0.15, 0.2) is 12.1 Å². The lowest BCUT2D eigenvalue weighted by Crippen LogP contribution is -2.30. The fourth-order valence-corrected chi connectivity index (χ4v) is 5.64. The Hall–Kier alpha value is -2.10. The average molecular weight is 529 g/mol. The zero-order valence-electron chi connectivity index (χ0n) is 26.4. The summed E-state index contributed by atoms with van der Waals surface area (Å²) in [6.45, 7) is 21.8. The number of rotatable bonds is 10. The summed E-state index contributed by atoms with van der Waals surface area (Å²) >= 11 is 0. The second-order valence-corrected chi connectivity index (χ2v) is 12.5. The van der Waals surface area contributed by atoms with Crippen molar-refractivity contribution in [2.75, 3.05) is 0 Å². The minimum atomic E-state index is -0.0658. The van der Waals surface area contributed by atoms with Crippen LogP contribution in [0.5, 0.6) is 0 Å². The molecule has 38 heavy (non-hydrogen) atoms. The number of aryl methyl sites for hydroxylation is 2. The van der Waals surface area contributed by atoms with Crippen LogP contribution in [0, 0.1) is 37.0 Å². The molecular weight excluding hydrogens is 472 g/mol. The number of Topliss-reactive ketones (excluding diaryl/α,β-unsaturated/α-hetero) is 4. The molecule has 0 saturated heterocycles. The van der Waals surface area contributed by atoms with Gasteiger partial charge in [-0.05, 0) is 80.9 Å². The number of benzene rings is 1. The number of hydrogen-bond acceptors (Lipinski definition) is 4. The van der Waals surface area contributed by atoms with E-state index >= 15 is 0 Å². The standard InChI is InChI=1S/C24H34O3.C7H14O.C3H8/c1-6-8-19(20(7-2)22(26)11-17(5)25)12-18-13-21-15(3)9-10-16(4)24(21)23(27)14-18;1-6(8)5-7(2,3)4;1-3-2/h9-10,18-20H,6-8,11-14H2,1-5H3;5H2,1-4H3;3H2,1-2H3. The summed E-state index contributed by atoms with van der Waals surface area (Å²) in [5.41, 5.74) is 4.58. The predicted molar refractivity (Wildman–Crippen MR) is 160 cm³/mol. The van der Waals surface area contributed by atoms with Crippen molar-refractivity contribution in [3.63, 3.8) is 0 Å². The molecule has 0 spiro atoms. The monoisotopic (exact) mass is 528 g/mol. The van der Waals surface area contributed by atoms with Gasteiger partial charge in [0.2, 0.25) is 0 Å². The van der Waals surface area contributed by atoms with Crippen LogP contribution in [0.25, 0.3) is 0 Å². The fraction of sp³-hybridized carbons (Fsp3) is 0.706. The van der Waals surface area contributed by atoms with Gasteiger partial charge in [-0.15, -0.1) is 0 Å². The van der Waals surface area contributed by atoms with Crippen molar-refractivity contribution in [1.29, 1.82) is 0 Å². The van der Waals surface area contributed by atoms with Gasteiger partial charge in [0.25, 0.3) is 0 Å². The smallest absolute Gasteiger partial charge is 0.163 e. The minimum absolute atomic E-state index is 0.0451. The molecule has 1 aliphatic carbocycles. The van der Waals surface area contributed by atoms with Crippen LogP contribution in [-0.2, 0) is 20.8 Å². The molecule has 3 atom stereocenters. The highest BCUT2D eigenvalue weighted by Crippen LogP contribution is 2.37. The van der Waals surface area contributed by atoms with E-state index in [4.69, 9.17) is 0 Å². The fourth-order valence-electron chi connectivity index (χ4n) is 5.64. The van der Waals surface area contributed by atoms with Gasteiger partial charge in [-0.2, -0.15) is 0 Å². The first-order chi connectivity index (χ1) is 17.6. The summed E-state index contributed by atoms with van der Waals surface area (Å²) in [6, 6.07) is 4.15. The van der Waals surface area contributed by atoms with Crippen LogP contribution in [0.4, 0.5) is 0 Å². The van der Waals surface area contributed by atoms with E-state index in [2.05, 4.69) is 54.5 Å². The summed E-state index contributed by atoms with van der Waals surface area (Å²) in [7, 11) is 0. The van der Waals surface area contributed by atoms with Crippen molar-refractivity contribution in [3.8, 4) is 0 Å². The summed E-state index contributed by atoms with van der Waals surface area (Å²) in [6.07, 6.45) is 7.15. The summed E-state index contributed by atoms with van der Waals surface area (Å²) < 4.78 is 0. The highest BCUT2D eigenvalue weighted by atomic mass is 16.1. The highest BCUT2D eigenvalue weighted by molar-refractivity contribution is 6.00. The van der Waals surface area contributed by atoms with Crippen LogP contribution in [-0.4, -0.2) is 23.1 Å². The van der Waals surface area contributed by atoms with E-state index in [1.54, 1.807) is 6.92 Å². The molecule has 0 bridgehead atoms. The maximum atomic E-state index is 12.8. The zero-order chi connectivity index (χ0) is 29.6. The van der Waals surface area contributed by atoms with Gasteiger partial charge < -0.3 is 4.79 Å². The summed E-state index contributed by atoms with van der Waals surface area (Å²) in [5.74, 6) is 1.04. The van der Waals surface area contributed by atoms with Gasteiger partial charge in [0.05, 0.1) is 6.42 Å². The van der Waals surface area contributed by atoms with Gasteiger partial charge in [0.1, 0.15) is 17.3 Å². The van der Waals surface area contributed by atoms with Gasteiger partial charge in [0, 0.05) is 24.3 Å². The first-order valence-corrected chi connectivity index (χ1v) is 14.7.